The van der Waals surface area contributed by atoms with Crippen LogP contribution in [0.4, 0.5) is 0 Å². The first-order chi connectivity index (χ1) is 7.99. The summed E-state index contributed by atoms with van der Waals surface area (Å²) < 4.78 is 10.8. The fourth-order valence-corrected chi connectivity index (χ4v) is 3.26. The predicted molar refractivity (Wildman–Crippen MR) is 77.5 cm³/mol. The molecule has 17 heavy (non-hydrogen) atoms. The van der Waals surface area contributed by atoms with Gasteiger partial charge in [0.1, 0.15) is 0 Å². The Morgan fingerprint density at radius 2 is 1.59 bits per heavy atom. The third kappa shape index (κ3) is 4.15. The van der Waals surface area contributed by atoms with Gasteiger partial charge in [0.25, 0.3) is 0 Å². The van der Waals surface area contributed by atoms with E-state index in [9.17, 15) is 0 Å². The molecular weight excluding hydrogens is 227 g/mol. The molecule has 0 saturated heterocycles. The summed E-state index contributed by atoms with van der Waals surface area (Å²) >= 11 is 0. The van der Waals surface area contributed by atoms with Gasteiger partial charge in [-0.25, -0.2) is 0 Å². The van der Waals surface area contributed by atoms with Crippen molar-refractivity contribution in [3.8, 4) is 0 Å². The Morgan fingerprint density at radius 3 is 2.00 bits per heavy atom. The lowest BCUT2D eigenvalue weighted by Gasteiger charge is -2.24. The molecule has 0 unspecified atom stereocenters. The Balaban J connectivity index is 3.11. The summed E-state index contributed by atoms with van der Waals surface area (Å²) in [5.41, 5.74) is 1.20. The van der Waals surface area contributed by atoms with E-state index in [1.807, 2.05) is 18.2 Å². The van der Waals surface area contributed by atoms with Crippen molar-refractivity contribution in [2.24, 2.45) is 0 Å². The molecule has 0 bridgehead atoms. The largest absolute Gasteiger partial charge is 0.485 e. The molecule has 0 fully saturated rings. The zero-order valence-corrected chi connectivity index (χ0v) is 12.4. The Hall–Kier alpha value is -0.838. The second-order valence-electron chi connectivity index (χ2n) is 5.06. The lowest BCUT2D eigenvalue weighted by atomic mass is 9.88. The van der Waals surface area contributed by atoms with Crippen molar-refractivity contribution >= 4 is 21.3 Å². The van der Waals surface area contributed by atoms with E-state index < -0.39 is 8.07 Å². The Bertz CT molecular complexity index is 367. The Morgan fingerprint density at radius 1 is 1.06 bits per heavy atom. The highest BCUT2D eigenvalue weighted by Gasteiger charge is 2.32. The van der Waals surface area contributed by atoms with Gasteiger partial charge >= 0.3 is 7.12 Å². The van der Waals surface area contributed by atoms with Crippen molar-refractivity contribution in [1.82, 2.24) is 0 Å². The highest BCUT2D eigenvalue weighted by Crippen LogP contribution is 2.21. The topological polar surface area (TPSA) is 18.5 Å². The minimum atomic E-state index is -1.46. The monoisotopic (exact) mass is 248 g/mol. The number of hydrogen-bond donors (Lipinski definition) is 0. The van der Waals surface area contributed by atoms with E-state index in [0.717, 1.165) is 0 Å². The SMILES string of the molecule is COB(OC)/C(=C\c1ccccc1)[Si](C)(C)C. The van der Waals surface area contributed by atoms with Crippen LogP contribution in [-0.2, 0) is 9.31 Å². The van der Waals surface area contributed by atoms with Crippen LogP contribution in [0, 0.1) is 0 Å². The van der Waals surface area contributed by atoms with Crippen LogP contribution in [0.15, 0.2) is 35.4 Å². The van der Waals surface area contributed by atoms with Gasteiger partial charge in [-0.3, -0.25) is 0 Å². The summed E-state index contributed by atoms with van der Waals surface area (Å²) in [5.74, 6) is 0. The highest BCUT2D eigenvalue weighted by atomic mass is 28.3. The van der Waals surface area contributed by atoms with Crippen LogP contribution in [-0.4, -0.2) is 29.4 Å². The van der Waals surface area contributed by atoms with Gasteiger partial charge in [0, 0.05) is 14.2 Å². The molecule has 1 aromatic carbocycles. The third-order valence-corrected chi connectivity index (χ3v) is 4.78. The summed E-state index contributed by atoms with van der Waals surface area (Å²) in [5, 5.41) is 1.27. The van der Waals surface area contributed by atoms with E-state index in [4.69, 9.17) is 9.31 Å². The summed E-state index contributed by atoms with van der Waals surface area (Å²) in [6.45, 7) is 6.90. The number of hydrogen-bond acceptors (Lipinski definition) is 2. The molecule has 0 aliphatic heterocycles. The van der Waals surface area contributed by atoms with Gasteiger partial charge in [0.15, 0.2) is 0 Å². The van der Waals surface area contributed by atoms with Crippen LogP contribution >= 0.6 is 0 Å². The molecule has 0 aliphatic carbocycles. The number of rotatable bonds is 5. The van der Waals surface area contributed by atoms with Crippen molar-refractivity contribution in [2.75, 3.05) is 14.2 Å². The van der Waals surface area contributed by atoms with Crippen LogP contribution in [0.25, 0.3) is 6.08 Å². The minimum Gasteiger partial charge on any atom is -0.411 e. The molecule has 0 radical (unpaired) electrons. The number of benzene rings is 1. The molecule has 0 saturated carbocycles. The first kappa shape index (κ1) is 14.2. The average molecular weight is 248 g/mol. The van der Waals surface area contributed by atoms with E-state index in [1.54, 1.807) is 14.2 Å². The smallest absolute Gasteiger partial charge is 0.411 e. The van der Waals surface area contributed by atoms with Gasteiger partial charge in [-0.2, -0.15) is 0 Å². The van der Waals surface area contributed by atoms with E-state index in [2.05, 4.69) is 37.8 Å². The fraction of sp³-hybridized carbons (Fsp3) is 0.385. The van der Waals surface area contributed by atoms with Gasteiger partial charge in [-0.15, -0.1) is 0 Å². The van der Waals surface area contributed by atoms with Crippen LogP contribution in [0.2, 0.25) is 19.6 Å². The molecule has 0 heterocycles. The summed E-state index contributed by atoms with van der Waals surface area (Å²) in [7, 11) is 1.68. The van der Waals surface area contributed by atoms with Crippen molar-refractivity contribution in [2.45, 2.75) is 19.6 Å². The van der Waals surface area contributed by atoms with Crippen molar-refractivity contribution in [3.05, 3.63) is 41.0 Å². The van der Waals surface area contributed by atoms with Crippen molar-refractivity contribution < 1.29 is 9.31 Å². The van der Waals surface area contributed by atoms with Gasteiger partial charge in [0.05, 0.1) is 8.07 Å². The van der Waals surface area contributed by atoms with Crippen LogP contribution in [0.1, 0.15) is 5.56 Å². The highest BCUT2D eigenvalue weighted by molar-refractivity contribution is 6.95. The van der Waals surface area contributed by atoms with Gasteiger partial charge in [-0.1, -0.05) is 61.1 Å². The van der Waals surface area contributed by atoms with E-state index in [-0.39, 0.29) is 7.12 Å². The normalized spacial score (nSPS) is 12.6. The molecule has 0 aromatic heterocycles. The second kappa shape index (κ2) is 6.19. The molecule has 0 amide bonds. The van der Waals surface area contributed by atoms with Crippen LogP contribution < -0.4 is 0 Å². The zero-order chi connectivity index (χ0) is 12.9. The van der Waals surface area contributed by atoms with Gasteiger partial charge in [-0.05, 0) is 5.56 Å². The first-order valence-corrected chi connectivity index (χ1v) is 9.31. The van der Waals surface area contributed by atoms with E-state index in [0.29, 0.717) is 0 Å². The predicted octanol–water partition coefficient (Wildman–Crippen LogP) is 3.27. The van der Waals surface area contributed by atoms with Gasteiger partial charge in [0.2, 0.25) is 0 Å². The first-order valence-electron chi connectivity index (χ1n) is 5.81. The minimum absolute atomic E-state index is 0.234. The molecule has 0 aliphatic rings. The lowest BCUT2D eigenvalue weighted by Crippen LogP contribution is -2.37. The maximum Gasteiger partial charge on any atom is 0.485 e. The maximum absolute atomic E-state index is 5.40. The molecule has 2 nitrogen and oxygen atoms in total. The Labute approximate surface area is 106 Å². The summed E-state index contributed by atoms with van der Waals surface area (Å²) in [6, 6.07) is 10.3. The van der Waals surface area contributed by atoms with Crippen LogP contribution in [0.5, 0.6) is 0 Å². The average Bonchev–Trinajstić information content (AvgIpc) is 2.29. The van der Waals surface area contributed by atoms with E-state index >= 15 is 0 Å². The zero-order valence-electron chi connectivity index (χ0n) is 11.4. The molecule has 0 N–H and O–H groups in total. The molecular formula is C13H21BO2Si. The standard InChI is InChI=1S/C13H21BO2Si/c1-15-14(16-2)13(17(3,4)5)11-12-9-7-6-8-10-12/h6-11H,1-5H3/b13-11+. The maximum atomic E-state index is 5.40. The molecule has 0 spiro atoms. The summed E-state index contributed by atoms with van der Waals surface area (Å²) in [6.07, 6.45) is 2.20. The molecule has 92 valence electrons. The van der Waals surface area contributed by atoms with Crippen molar-refractivity contribution in [3.63, 3.8) is 0 Å². The fourth-order valence-electron chi connectivity index (χ4n) is 1.72. The molecule has 0 atom stereocenters. The van der Waals surface area contributed by atoms with Crippen molar-refractivity contribution in [1.29, 1.82) is 0 Å². The third-order valence-electron chi connectivity index (χ3n) is 2.67. The molecule has 1 rings (SSSR count). The molecule has 1 aromatic rings. The molecule has 4 heteroatoms. The quantitative estimate of drug-likeness (QED) is 0.744. The Kier molecular flexibility index (Phi) is 5.18. The van der Waals surface area contributed by atoms with Gasteiger partial charge < -0.3 is 9.31 Å². The second-order valence-corrected chi connectivity index (χ2v) is 10.1. The van der Waals surface area contributed by atoms with Crippen LogP contribution in [0.3, 0.4) is 0 Å². The summed E-state index contributed by atoms with van der Waals surface area (Å²) in [4.78, 5) is 0. The lowest BCUT2D eigenvalue weighted by molar-refractivity contribution is 0.289. The van der Waals surface area contributed by atoms with E-state index in [1.165, 1.54) is 10.7 Å².